The number of halogens is 2. The molecular weight excluding hydrogens is 370 g/mol. The van der Waals surface area contributed by atoms with Gasteiger partial charge in [-0.05, 0) is 31.5 Å². The summed E-state index contributed by atoms with van der Waals surface area (Å²) in [5, 5.41) is 2.85. The average molecular weight is 391 g/mol. The lowest BCUT2D eigenvalue weighted by molar-refractivity contribution is -0.126. The van der Waals surface area contributed by atoms with Crippen LogP contribution in [0.15, 0.2) is 28.7 Å². The van der Waals surface area contributed by atoms with Crippen LogP contribution in [0.1, 0.15) is 19.8 Å². The molecule has 1 aliphatic rings. The van der Waals surface area contributed by atoms with Crippen LogP contribution in [0.25, 0.3) is 0 Å². The quantitative estimate of drug-likeness (QED) is 0.808. The molecule has 5 nitrogen and oxygen atoms in total. The van der Waals surface area contributed by atoms with Gasteiger partial charge in [0.2, 0.25) is 11.8 Å². The summed E-state index contributed by atoms with van der Waals surface area (Å²) >= 11 is 3.39. The smallest absolute Gasteiger partial charge is 0.227 e. The minimum atomic E-state index is -0.287. The van der Waals surface area contributed by atoms with Crippen molar-refractivity contribution in [1.82, 2.24) is 5.32 Å². The Morgan fingerprint density at radius 2 is 2.27 bits per heavy atom. The van der Waals surface area contributed by atoms with Gasteiger partial charge in [-0.2, -0.15) is 0 Å². The van der Waals surface area contributed by atoms with Gasteiger partial charge in [-0.15, -0.1) is 12.4 Å². The van der Waals surface area contributed by atoms with Crippen molar-refractivity contribution in [3.05, 3.63) is 28.7 Å². The highest BCUT2D eigenvalue weighted by atomic mass is 79.9. The lowest BCUT2D eigenvalue weighted by Gasteiger charge is -2.17. The normalized spacial score (nSPS) is 18.8. The van der Waals surface area contributed by atoms with E-state index in [0.29, 0.717) is 13.1 Å². The Kier molecular flexibility index (Phi) is 7.32. The van der Waals surface area contributed by atoms with E-state index in [1.54, 1.807) is 4.90 Å². The van der Waals surface area contributed by atoms with Crippen molar-refractivity contribution < 1.29 is 9.59 Å². The summed E-state index contributed by atoms with van der Waals surface area (Å²) in [5.41, 5.74) is 6.47. The number of hydrogen-bond donors (Lipinski definition) is 2. The maximum absolute atomic E-state index is 12.1. The van der Waals surface area contributed by atoms with Gasteiger partial charge in [0.15, 0.2) is 0 Å². The number of rotatable bonds is 5. The van der Waals surface area contributed by atoms with Crippen LogP contribution in [0, 0.1) is 5.92 Å². The fourth-order valence-electron chi connectivity index (χ4n) is 2.34. The van der Waals surface area contributed by atoms with Crippen molar-refractivity contribution in [3.8, 4) is 0 Å². The van der Waals surface area contributed by atoms with E-state index in [0.717, 1.165) is 16.6 Å². The molecule has 3 N–H and O–H groups in total. The Labute approximate surface area is 145 Å². The van der Waals surface area contributed by atoms with Crippen molar-refractivity contribution in [3.63, 3.8) is 0 Å². The number of anilines is 1. The molecule has 0 saturated carbocycles. The maximum atomic E-state index is 12.1. The third kappa shape index (κ3) is 4.97. The molecule has 1 fully saturated rings. The SMILES string of the molecule is CC(N)CCNC(=O)C1CC(=O)N(c2cccc(Br)c2)C1.Cl. The van der Waals surface area contributed by atoms with E-state index < -0.39 is 0 Å². The van der Waals surface area contributed by atoms with E-state index in [-0.39, 0.29) is 42.6 Å². The van der Waals surface area contributed by atoms with Crippen molar-refractivity contribution in [2.45, 2.75) is 25.8 Å². The summed E-state index contributed by atoms with van der Waals surface area (Å²) in [6.45, 7) is 2.89. The molecule has 1 saturated heterocycles. The average Bonchev–Trinajstić information content (AvgIpc) is 2.80. The summed E-state index contributed by atoms with van der Waals surface area (Å²) in [6.07, 6.45) is 0.998. The van der Waals surface area contributed by atoms with Crippen LogP contribution >= 0.6 is 28.3 Å². The summed E-state index contributed by atoms with van der Waals surface area (Å²) in [4.78, 5) is 25.8. The van der Waals surface area contributed by atoms with Crippen LogP contribution in [0.4, 0.5) is 5.69 Å². The van der Waals surface area contributed by atoms with E-state index >= 15 is 0 Å². The predicted molar refractivity (Wildman–Crippen MR) is 93.1 cm³/mol. The number of nitrogens with two attached hydrogens (primary N) is 1. The van der Waals surface area contributed by atoms with Gasteiger partial charge in [0, 0.05) is 35.7 Å². The zero-order chi connectivity index (χ0) is 15.4. The summed E-state index contributed by atoms with van der Waals surface area (Å²) in [7, 11) is 0. The first kappa shape index (κ1) is 18.9. The van der Waals surface area contributed by atoms with Crippen LogP contribution in [0.2, 0.25) is 0 Å². The first-order valence-electron chi connectivity index (χ1n) is 7.06. The maximum Gasteiger partial charge on any atom is 0.227 e. The Morgan fingerprint density at radius 1 is 1.55 bits per heavy atom. The van der Waals surface area contributed by atoms with Gasteiger partial charge in [0.25, 0.3) is 0 Å². The number of amides is 2. The molecule has 2 amide bonds. The number of carbonyl (C=O) groups excluding carboxylic acids is 2. The largest absolute Gasteiger partial charge is 0.356 e. The second kappa shape index (κ2) is 8.50. The van der Waals surface area contributed by atoms with Crippen molar-refractivity contribution in [2.24, 2.45) is 11.7 Å². The van der Waals surface area contributed by atoms with Gasteiger partial charge in [-0.1, -0.05) is 22.0 Å². The summed E-state index contributed by atoms with van der Waals surface area (Å²) in [5.74, 6) is -0.369. The molecule has 2 atom stereocenters. The zero-order valence-corrected chi connectivity index (χ0v) is 14.8. The van der Waals surface area contributed by atoms with Gasteiger partial charge < -0.3 is 16.0 Å². The highest BCUT2D eigenvalue weighted by Crippen LogP contribution is 2.27. The second-order valence-corrected chi connectivity index (χ2v) is 6.36. The molecule has 0 aromatic heterocycles. The molecule has 0 spiro atoms. The lowest BCUT2D eigenvalue weighted by Crippen LogP contribution is -2.35. The molecule has 7 heteroatoms. The van der Waals surface area contributed by atoms with E-state index in [9.17, 15) is 9.59 Å². The molecule has 1 aromatic rings. The number of carbonyl (C=O) groups is 2. The minimum Gasteiger partial charge on any atom is -0.356 e. The molecular formula is C15H21BrClN3O2. The molecule has 0 bridgehead atoms. The van der Waals surface area contributed by atoms with Crippen LogP contribution < -0.4 is 16.0 Å². The van der Waals surface area contributed by atoms with E-state index in [1.807, 2.05) is 31.2 Å². The van der Waals surface area contributed by atoms with Crippen molar-refractivity contribution in [2.75, 3.05) is 18.0 Å². The standard InChI is InChI=1S/C15H20BrN3O2.ClH/c1-10(17)5-6-18-15(21)11-7-14(20)19(9-11)13-4-2-3-12(16)8-13;/h2-4,8,10-11H,5-7,9,17H2,1H3,(H,18,21);1H. The highest BCUT2D eigenvalue weighted by molar-refractivity contribution is 9.10. The number of nitrogens with one attached hydrogen (secondary N) is 1. The Bertz CT molecular complexity index is 539. The van der Waals surface area contributed by atoms with Gasteiger partial charge >= 0.3 is 0 Å². The van der Waals surface area contributed by atoms with E-state index in [2.05, 4.69) is 21.2 Å². The molecule has 2 rings (SSSR count). The summed E-state index contributed by atoms with van der Waals surface area (Å²) < 4.78 is 0.914. The predicted octanol–water partition coefficient (Wildman–Crippen LogP) is 2.08. The number of benzene rings is 1. The number of nitrogens with zero attached hydrogens (tertiary/aromatic N) is 1. The fraction of sp³-hybridized carbons (Fsp3) is 0.467. The first-order chi connectivity index (χ1) is 9.97. The summed E-state index contributed by atoms with van der Waals surface area (Å²) in [6, 6.07) is 7.60. The molecule has 2 unspecified atom stereocenters. The minimum absolute atomic E-state index is 0. The van der Waals surface area contributed by atoms with Crippen LogP contribution in [-0.2, 0) is 9.59 Å². The second-order valence-electron chi connectivity index (χ2n) is 5.44. The fourth-order valence-corrected chi connectivity index (χ4v) is 2.73. The third-order valence-electron chi connectivity index (χ3n) is 3.51. The molecule has 1 aliphatic heterocycles. The van der Waals surface area contributed by atoms with Crippen molar-refractivity contribution in [1.29, 1.82) is 0 Å². The Balaban J connectivity index is 0.00000242. The van der Waals surface area contributed by atoms with Crippen molar-refractivity contribution >= 4 is 45.8 Å². The van der Waals surface area contributed by atoms with Gasteiger partial charge in [0.1, 0.15) is 0 Å². The molecule has 1 heterocycles. The molecule has 122 valence electrons. The monoisotopic (exact) mass is 389 g/mol. The van der Waals surface area contributed by atoms with Gasteiger partial charge in [0.05, 0.1) is 5.92 Å². The number of hydrogen-bond acceptors (Lipinski definition) is 3. The topological polar surface area (TPSA) is 75.4 Å². The highest BCUT2D eigenvalue weighted by Gasteiger charge is 2.34. The molecule has 22 heavy (non-hydrogen) atoms. The van der Waals surface area contributed by atoms with Crippen LogP contribution in [0.3, 0.4) is 0 Å². The molecule has 1 aromatic carbocycles. The van der Waals surface area contributed by atoms with Crippen LogP contribution in [0.5, 0.6) is 0 Å². The first-order valence-corrected chi connectivity index (χ1v) is 7.86. The van der Waals surface area contributed by atoms with E-state index in [1.165, 1.54) is 0 Å². The third-order valence-corrected chi connectivity index (χ3v) is 4.01. The molecule has 0 aliphatic carbocycles. The molecule has 0 radical (unpaired) electrons. The van der Waals surface area contributed by atoms with Gasteiger partial charge in [-0.25, -0.2) is 0 Å². The lowest BCUT2D eigenvalue weighted by atomic mass is 10.1. The van der Waals surface area contributed by atoms with E-state index in [4.69, 9.17) is 5.73 Å². The Hall–Kier alpha value is -1.11. The zero-order valence-electron chi connectivity index (χ0n) is 12.4. The van der Waals surface area contributed by atoms with Crippen LogP contribution in [-0.4, -0.2) is 30.9 Å². The van der Waals surface area contributed by atoms with Gasteiger partial charge in [-0.3, -0.25) is 9.59 Å². The Morgan fingerprint density at radius 3 is 2.91 bits per heavy atom.